The Kier molecular flexibility index (Phi) is 7.68. The fourth-order valence-corrected chi connectivity index (χ4v) is 0. The van der Waals surface area contributed by atoms with Gasteiger partial charge in [-0.1, -0.05) is 6.92 Å². The predicted octanol–water partition coefficient (Wildman–Crippen LogP) is 1.39. The first-order valence-corrected chi connectivity index (χ1v) is 1.21. The Morgan fingerprint density at radius 1 is 1.80 bits per heavy atom. The maximum Gasteiger partial charge on any atom is 2.00 e. The van der Waals surface area contributed by atoms with Gasteiger partial charge in [0.1, 0.15) is 0 Å². The molecule has 1 heteroatoms. The predicted molar refractivity (Wildman–Crippen MR) is 20.2 cm³/mol. The van der Waals surface area contributed by atoms with Crippen LogP contribution in [0.5, 0.6) is 0 Å². The monoisotopic (exact) mass is 161 g/mol. The largest absolute Gasteiger partial charge is 2.00 e. The van der Waals surface area contributed by atoms with E-state index in [1.807, 2.05) is 6.92 Å². The van der Waals surface area contributed by atoms with Gasteiger partial charge in [-0.25, -0.2) is 19.1 Å². The molecule has 0 heterocycles. The molecular weight excluding hydrogens is 154 g/mol. The summed E-state index contributed by atoms with van der Waals surface area (Å²) in [6.07, 6.45) is 0. The van der Waals surface area contributed by atoms with E-state index in [1.54, 1.807) is 0 Å². The summed E-state index contributed by atoms with van der Waals surface area (Å²) in [5, 5.41) is 0. The molecule has 0 aromatic rings. The molecule has 0 unspecified atom stereocenters. The SMILES string of the molecule is C=C([CH2-])C.[Pd+2]. The van der Waals surface area contributed by atoms with E-state index < -0.39 is 0 Å². The van der Waals surface area contributed by atoms with E-state index in [2.05, 4.69) is 13.5 Å². The molecule has 0 rings (SSSR count). The van der Waals surface area contributed by atoms with Crippen LogP contribution in [0.15, 0.2) is 12.2 Å². The second kappa shape index (κ2) is 4.27. The average Bonchev–Trinajstić information content (AvgIpc) is 0.811. The summed E-state index contributed by atoms with van der Waals surface area (Å²) in [6.45, 7) is 8.75. The molecule has 0 bridgehead atoms. The van der Waals surface area contributed by atoms with Crippen LogP contribution in [0, 0.1) is 6.92 Å². The van der Waals surface area contributed by atoms with Crippen LogP contribution in [0.3, 0.4) is 0 Å². The Bertz CT molecular complexity index is 26.6. The van der Waals surface area contributed by atoms with Crippen molar-refractivity contribution in [2.75, 3.05) is 0 Å². The first-order valence-electron chi connectivity index (χ1n) is 1.21. The third kappa shape index (κ3) is 297. The van der Waals surface area contributed by atoms with Crippen LogP contribution >= 0.6 is 0 Å². The molecule has 0 aromatic carbocycles. The van der Waals surface area contributed by atoms with Gasteiger partial charge in [-0.3, -0.25) is 0 Å². The maximum absolute atomic E-state index is 3.44. The van der Waals surface area contributed by atoms with Crippen molar-refractivity contribution in [2.24, 2.45) is 0 Å². The third-order valence-electron chi connectivity index (χ3n) is 0. The normalized spacial score (nSPS) is 5.00. The molecular formula is C4H7Pd+. The summed E-state index contributed by atoms with van der Waals surface area (Å²) in [6, 6.07) is 0. The van der Waals surface area contributed by atoms with E-state index in [0.29, 0.717) is 0 Å². The summed E-state index contributed by atoms with van der Waals surface area (Å²) in [4.78, 5) is 0. The van der Waals surface area contributed by atoms with Crippen molar-refractivity contribution in [1.29, 1.82) is 0 Å². The van der Waals surface area contributed by atoms with Crippen molar-refractivity contribution >= 4 is 0 Å². The molecule has 0 spiro atoms. The van der Waals surface area contributed by atoms with Gasteiger partial charge in [0, 0.05) is 0 Å². The zero-order valence-electron chi connectivity index (χ0n) is 3.23. The van der Waals surface area contributed by atoms with Crippen molar-refractivity contribution in [3.63, 3.8) is 0 Å². The van der Waals surface area contributed by atoms with Gasteiger partial charge >= 0.3 is 20.4 Å². The number of hydrogen-bond donors (Lipinski definition) is 0. The number of hydrogen-bond acceptors (Lipinski definition) is 0. The van der Waals surface area contributed by atoms with Gasteiger partial charge in [-0.2, -0.15) is 0 Å². The molecule has 0 radical (unpaired) electrons. The Hall–Kier alpha value is 0.272. The number of allylic oxidation sites excluding steroid dienone is 1. The molecule has 5 heavy (non-hydrogen) atoms. The van der Waals surface area contributed by atoms with Crippen LogP contribution in [-0.4, -0.2) is 0 Å². The molecule has 0 N–H and O–H groups in total. The van der Waals surface area contributed by atoms with Crippen LogP contribution < -0.4 is 0 Å². The van der Waals surface area contributed by atoms with E-state index in [0.717, 1.165) is 5.57 Å². The van der Waals surface area contributed by atoms with Crippen LogP contribution in [0.4, 0.5) is 0 Å². The fourth-order valence-electron chi connectivity index (χ4n) is 0. The van der Waals surface area contributed by atoms with E-state index in [1.165, 1.54) is 0 Å². The second-order valence-electron chi connectivity index (χ2n) is 0.957. The van der Waals surface area contributed by atoms with E-state index in [-0.39, 0.29) is 20.4 Å². The Morgan fingerprint density at radius 2 is 1.80 bits per heavy atom. The molecule has 0 saturated carbocycles. The second-order valence-corrected chi connectivity index (χ2v) is 0.957. The van der Waals surface area contributed by atoms with Crippen molar-refractivity contribution in [1.82, 2.24) is 0 Å². The molecule has 0 atom stereocenters. The molecule has 0 nitrogen and oxygen atoms in total. The minimum absolute atomic E-state index is 0. The molecule has 0 aliphatic carbocycles. The van der Waals surface area contributed by atoms with Gasteiger partial charge in [0.2, 0.25) is 0 Å². The molecule has 0 fully saturated rings. The standard InChI is InChI=1S/C4H7.Pd/c1-4(2)3;/h1-2H2,3H3;/q-1;+2. The molecule has 0 aromatic heterocycles. The Balaban J connectivity index is 0. The zero-order chi connectivity index (χ0) is 3.58. The van der Waals surface area contributed by atoms with Crippen molar-refractivity contribution in [2.45, 2.75) is 6.92 Å². The molecule has 32 valence electrons. The smallest absolute Gasteiger partial charge is 0.242 e. The first kappa shape index (κ1) is 8.99. The average molecular weight is 162 g/mol. The molecule has 0 amide bonds. The molecule has 0 aliphatic heterocycles. The van der Waals surface area contributed by atoms with Gasteiger partial charge in [0.05, 0.1) is 0 Å². The zero-order valence-corrected chi connectivity index (χ0v) is 4.79. The molecule has 0 saturated heterocycles. The van der Waals surface area contributed by atoms with Gasteiger partial charge in [0.25, 0.3) is 0 Å². The topological polar surface area (TPSA) is 0 Å². The van der Waals surface area contributed by atoms with Gasteiger partial charge < -0.3 is 0 Å². The van der Waals surface area contributed by atoms with E-state index in [9.17, 15) is 0 Å². The van der Waals surface area contributed by atoms with Gasteiger partial charge in [0.15, 0.2) is 0 Å². The summed E-state index contributed by atoms with van der Waals surface area (Å²) < 4.78 is 0. The van der Waals surface area contributed by atoms with Crippen LogP contribution in [0.2, 0.25) is 0 Å². The van der Waals surface area contributed by atoms with Crippen molar-refractivity contribution in [3.8, 4) is 0 Å². The summed E-state index contributed by atoms with van der Waals surface area (Å²) in [7, 11) is 0. The Morgan fingerprint density at radius 3 is 1.80 bits per heavy atom. The van der Waals surface area contributed by atoms with Crippen LogP contribution in [0.25, 0.3) is 0 Å². The van der Waals surface area contributed by atoms with E-state index in [4.69, 9.17) is 0 Å². The van der Waals surface area contributed by atoms with Crippen LogP contribution in [0.1, 0.15) is 6.92 Å². The summed E-state index contributed by atoms with van der Waals surface area (Å²) in [5.41, 5.74) is 0.917. The van der Waals surface area contributed by atoms with Gasteiger partial charge in [-0.05, 0) is 0 Å². The minimum Gasteiger partial charge on any atom is -0.242 e. The van der Waals surface area contributed by atoms with Crippen molar-refractivity contribution in [3.05, 3.63) is 19.1 Å². The van der Waals surface area contributed by atoms with Crippen LogP contribution in [-0.2, 0) is 20.4 Å². The minimum atomic E-state index is 0. The summed E-state index contributed by atoms with van der Waals surface area (Å²) in [5.74, 6) is 0. The van der Waals surface area contributed by atoms with Crippen molar-refractivity contribution < 1.29 is 20.4 Å². The van der Waals surface area contributed by atoms with Gasteiger partial charge in [-0.15, -0.1) is 0 Å². The summed E-state index contributed by atoms with van der Waals surface area (Å²) >= 11 is 0. The number of rotatable bonds is 0. The quantitative estimate of drug-likeness (QED) is 0.372. The fraction of sp³-hybridized carbons (Fsp3) is 0.250. The maximum atomic E-state index is 3.44. The Labute approximate surface area is 46.9 Å². The first-order chi connectivity index (χ1) is 1.73. The molecule has 0 aliphatic rings. The third-order valence-corrected chi connectivity index (χ3v) is 0. The van der Waals surface area contributed by atoms with E-state index >= 15 is 0 Å².